The molecule has 0 spiro atoms. The summed E-state index contributed by atoms with van der Waals surface area (Å²) >= 11 is 1.02. The molecule has 1 aromatic heterocycles. The van der Waals surface area contributed by atoms with E-state index >= 15 is 0 Å². The van der Waals surface area contributed by atoms with E-state index in [1.54, 1.807) is 35.7 Å². The van der Waals surface area contributed by atoms with Crippen LogP contribution < -0.4 is 9.62 Å². The van der Waals surface area contributed by atoms with Crippen LogP contribution >= 0.6 is 11.3 Å². The molecule has 28 heavy (non-hydrogen) atoms. The van der Waals surface area contributed by atoms with E-state index in [1.165, 1.54) is 6.07 Å². The normalized spacial score (nSPS) is 11.2. The predicted octanol–water partition coefficient (Wildman–Crippen LogP) is 4.17. The van der Waals surface area contributed by atoms with Crippen molar-refractivity contribution in [1.29, 1.82) is 0 Å². The molecule has 0 atom stereocenters. The third-order valence-corrected chi connectivity index (χ3v) is 7.00. The van der Waals surface area contributed by atoms with Crippen LogP contribution in [-0.4, -0.2) is 20.9 Å². The number of nitrogens with zero attached hydrogens (tertiary/aromatic N) is 1. The first-order valence-electron chi connectivity index (χ1n) is 8.15. The summed E-state index contributed by atoms with van der Waals surface area (Å²) in [7, 11) is -4.01. The van der Waals surface area contributed by atoms with E-state index in [0.29, 0.717) is 0 Å². The number of benzene rings is 2. The first kappa shape index (κ1) is 20.0. The summed E-state index contributed by atoms with van der Waals surface area (Å²) in [6.07, 6.45) is 0. The summed E-state index contributed by atoms with van der Waals surface area (Å²) in [5, 5.41) is 3.84. The molecule has 1 N–H and O–H groups in total. The summed E-state index contributed by atoms with van der Waals surface area (Å²) in [5.41, 5.74) is 0.847. The van der Waals surface area contributed by atoms with Crippen LogP contribution in [0.2, 0.25) is 0 Å². The van der Waals surface area contributed by atoms with Gasteiger partial charge in [0.25, 0.3) is 10.0 Å². The zero-order valence-corrected chi connectivity index (χ0v) is 16.4. The van der Waals surface area contributed by atoms with Crippen molar-refractivity contribution in [2.75, 3.05) is 16.2 Å². The van der Waals surface area contributed by atoms with E-state index < -0.39 is 34.1 Å². The van der Waals surface area contributed by atoms with Gasteiger partial charge in [0.2, 0.25) is 5.91 Å². The molecule has 5 nitrogen and oxygen atoms in total. The fourth-order valence-corrected chi connectivity index (χ4v) is 4.98. The van der Waals surface area contributed by atoms with Gasteiger partial charge in [-0.1, -0.05) is 23.8 Å². The summed E-state index contributed by atoms with van der Waals surface area (Å²) in [6.45, 7) is 1.25. The van der Waals surface area contributed by atoms with Gasteiger partial charge in [-0.05, 0) is 42.6 Å². The Kier molecular flexibility index (Phi) is 5.76. The first-order chi connectivity index (χ1) is 13.3. The number of hydrogen-bond donors (Lipinski definition) is 1. The molecule has 146 valence electrons. The van der Waals surface area contributed by atoms with E-state index in [0.717, 1.165) is 39.4 Å². The monoisotopic (exact) mass is 422 g/mol. The molecule has 0 radical (unpaired) electrons. The van der Waals surface area contributed by atoms with E-state index in [-0.39, 0.29) is 15.6 Å². The highest BCUT2D eigenvalue weighted by Gasteiger charge is 2.28. The van der Waals surface area contributed by atoms with Crippen molar-refractivity contribution in [1.82, 2.24) is 0 Å². The zero-order valence-electron chi connectivity index (χ0n) is 14.7. The second kappa shape index (κ2) is 8.07. The molecule has 0 saturated heterocycles. The molecule has 0 aliphatic carbocycles. The number of thiophene rings is 1. The molecular formula is C19H16F2N2O3S2. The van der Waals surface area contributed by atoms with Gasteiger partial charge >= 0.3 is 0 Å². The number of aryl methyl sites for hydroxylation is 1. The molecule has 9 heteroatoms. The van der Waals surface area contributed by atoms with Crippen LogP contribution in [-0.2, 0) is 14.8 Å². The lowest BCUT2D eigenvalue weighted by atomic mass is 10.2. The third-order valence-electron chi connectivity index (χ3n) is 3.85. The number of hydrogen-bond acceptors (Lipinski definition) is 4. The van der Waals surface area contributed by atoms with Gasteiger partial charge in [-0.2, -0.15) is 0 Å². The maximum absolute atomic E-state index is 13.8. The number of nitrogens with one attached hydrogen (secondary N) is 1. The Morgan fingerprint density at radius 2 is 1.82 bits per heavy atom. The van der Waals surface area contributed by atoms with E-state index in [2.05, 4.69) is 5.32 Å². The molecule has 0 fully saturated rings. The van der Waals surface area contributed by atoms with E-state index in [9.17, 15) is 22.0 Å². The highest BCUT2D eigenvalue weighted by atomic mass is 32.2. The molecule has 0 aliphatic heterocycles. The number of halogens is 2. The van der Waals surface area contributed by atoms with Gasteiger partial charge in [0.15, 0.2) is 0 Å². The van der Waals surface area contributed by atoms with Crippen LogP contribution in [0.25, 0.3) is 0 Å². The molecule has 0 aliphatic rings. The van der Waals surface area contributed by atoms with Gasteiger partial charge in [0.05, 0.1) is 11.4 Å². The standard InChI is InChI=1S/C19H16F2N2O3S2/c1-13-4-7-15(8-5-13)23(28(25,26)19-3-2-10-27-19)12-18(24)22-17-11-14(20)6-9-16(17)21/h2-11H,12H2,1H3,(H,22,24). The van der Waals surface area contributed by atoms with Crippen LogP contribution in [0.15, 0.2) is 64.2 Å². The Morgan fingerprint density at radius 1 is 1.11 bits per heavy atom. The lowest BCUT2D eigenvalue weighted by Gasteiger charge is -2.23. The second-order valence-corrected chi connectivity index (χ2v) is 8.99. The quantitative estimate of drug-likeness (QED) is 0.648. The lowest BCUT2D eigenvalue weighted by molar-refractivity contribution is -0.114. The van der Waals surface area contributed by atoms with Crippen LogP contribution in [0.4, 0.5) is 20.2 Å². The van der Waals surface area contributed by atoms with Gasteiger partial charge < -0.3 is 5.32 Å². The van der Waals surface area contributed by atoms with E-state index in [1.807, 2.05) is 6.92 Å². The van der Waals surface area contributed by atoms with Crippen LogP contribution in [0, 0.1) is 18.6 Å². The van der Waals surface area contributed by atoms with Gasteiger partial charge in [0.1, 0.15) is 22.4 Å². The summed E-state index contributed by atoms with van der Waals surface area (Å²) in [4.78, 5) is 12.4. The highest BCUT2D eigenvalue weighted by Crippen LogP contribution is 2.27. The Morgan fingerprint density at radius 3 is 2.46 bits per heavy atom. The Labute approximate surface area is 165 Å². The molecule has 0 bridgehead atoms. The number of carbonyl (C=O) groups excluding carboxylic acids is 1. The van der Waals surface area contributed by atoms with Crippen molar-refractivity contribution < 1.29 is 22.0 Å². The maximum Gasteiger partial charge on any atom is 0.274 e. The Bertz CT molecular complexity index is 1080. The van der Waals surface area contributed by atoms with Crippen LogP contribution in [0.1, 0.15) is 5.56 Å². The Balaban J connectivity index is 1.92. The fourth-order valence-electron chi connectivity index (χ4n) is 2.46. The van der Waals surface area contributed by atoms with Crippen molar-refractivity contribution in [3.8, 4) is 0 Å². The third kappa shape index (κ3) is 4.37. The van der Waals surface area contributed by atoms with Gasteiger partial charge in [0, 0.05) is 6.07 Å². The molecular weight excluding hydrogens is 406 g/mol. The summed E-state index contributed by atoms with van der Waals surface area (Å²) in [6, 6.07) is 12.3. The smallest absolute Gasteiger partial charge is 0.274 e. The van der Waals surface area contributed by atoms with Crippen molar-refractivity contribution in [2.45, 2.75) is 11.1 Å². The van der Waals surface area contributed by atoms with Crippen molar-refractivity contribution in [3.05, 3.63) is 77.2 Å². The SMILES string of the molecule is Cc1ccc(N(CC(=O)Nc2cc(F)ccc2F)S(=O)(=O)c2cccs2)cc1. The predicted molar refractivity (Wildman–Crippen MR) is 105 cm³/mol. The lowest BCUT2D eigenvalue weighted by Crippen LogP contribution is -2.38. The van der Waals surface area contributed by atoms with Gasteiger partial charge in [-0.25, -0.2) is 17.2 Å². The number of amides is 1. The average Bonchev–Trinajstić information content (AvgIpc) is 3.19. The number of sulfonamides is 1. The number of carbonyl (C=O) groups is 1. The topological polar surface area (TPSA) is 66.5 Å². The fraction of sp³-hybridized carbons (Fsp3) is 0.105. The van der Waals surface area contributed by atoms with Crippen LogP contribution in [0.5, 0.6) is 0 Å². The average molecular weight is 422 g/mol. The second-order valence-electron chi connectivity index (χ2n) is 5.95. The molecule has 1 heterocycles. The number of anilines is 2. The molecule has 3 aromatic rings. The minimum absolute atomic E-state index is 0.0674. The van der Waals surface area contributed by atoms with Gasteiger partial charge in [-0.15, -0.1) is 11.3 Å². The van der Waals surface area contributed by atoms with Crippen molar-refractivity contribution in [3.63, 3.8) is 0 Å². The van der Waals surface area contributed by atoms with Crippen molar-refractivity contribution in [2.24, 2.45) is 0 Å². The summed E-state index contributed by atoms with van der Waals surface area (Å²) < 4.78 is 54.1. The summed E-state index contributed by atoms with van der Waals surface area (Å²) in [5.74, 6) is -2.35. The molecule has 0 saturated carbocycles. The molecule has 1 amide bonds. The minimum atomic E-state index is -4.01. The van der Waals surface area contributed by atoms with Crippen LogP contribution in [0.3, 0.4) is 0 Å². The van der Waals surface area contributed by atoms with E-state index in [4.69, 9.17) is 0 Å². The molecule has 3 rings (SSSR count). The van der Waals surface area contributed by atoms with Crippen molar-refractivity contribution >= 4 is 38.6 Å². The zero-order chi connectivity index (χ0) is 20.3. The molecule has 2 aromatic carbocycles. The Hall–Kier alpha value is -2.78. The first-order valence-corrected chi connectivity index (χ1v) is 10.5. The largest absolute Gasteiger partial charge is 0.322 e. The van der Waals surface area contributed by atoms with Gasteiger partial charge in [-0.3, -0.25) is 9.10 Å². The highest BCUT2D eigenvalue weighted by molar-refractivity contribution is 7.94. The molecule has 0 unspecified atom stereocenters. The maximum atomic E-state index is 13.8. The minimum Gasteiger partial charge on any atom is -0.322 e. The number of rotatable bonds is 6.